The van der Waals surface area contributed by atoms with Crippen molar-refractivity contribution in [1.82, 2.24) is 15.0 Å². The van der Waals surface area contributed by atoms with Crippen molar-refractivity contribution in [2.45, 2.75) is 25.1 Å². The van der Waals surface area contributed by atoms with Crippen molar-refractivity contribution in [1.29, 1.82) is 0 Å². The third-order valence-corrected chi connectivity index (χ3v) is 3.96. The van der Waals surface area contributed by atoms with E-state index in [2.05, 4.69) is 15.0 Å². The molecule has 1 fully saturated rings. The number of aromatic nitrogens is 3. The SMILES string of the molecule is COc1cnc(OC2CCN(c3ccc(C(F)(F)F)nc3)CC2)nc1. The zero-order chi connectivity index (χ0) is 17.9. The van der Waals surface area contributed by atoms with Crippen molar-refractivity contribution in [2.24, 2.45) is 0 Å². The monoisotopic (exact) mass is 354 g/mol. The summed E-state index contributed by atoms with van der Waals surface area (Å²) in [5, 5.41) is 0. The fraction of sp³-hybridized carbons (Fsp3) is 0.438. The van der Waals surface area contributed by atoms with E-state index in [1.165, 1.54) is 31.8 Å². The van der Waals surface area contributed by atoms with Crippen molar-refractivity contribution in [2.75, 3.05) is 25.1 Å². The van der Waals surface area contributed by atoms with Gasteiger partial charge in [-0.05, 0) is 12.1 Å². The summed E-state index contributed by atoms with van der Waals surface area (Å²) in [5.41, 5.74) is -0.210. The van der Waals surface area contributed by atoms with Gasteiger partial charge in [0, 0.05) is 25.9 Å². The molecule has 0 spiro atoms. The van der Waals surface area contributed by atoms with Gasteiger partial charge in [0.15, 0.2) is 5.75 Å². The molecule has 6 nitrogen and oxygen atoms in total. The highest BCUT2D eigenvalue weighted by atomic mass is 19.4. The maximum atomic E-state index is 12.6. The Labute approximate surface area is 142 Å². The van der Waals surface area contributed by atoms with E-state index >= 15 is 0 Å². The molecule has 3 heterocycles. The first kappa shape index (κ1) is 17.2. The highest BCUT2D eigenvalue weighted by Crippen LogP contribution is 2.29. The summed E-state index contributed by atoms with van der Waals surface area (Å²) in [5.74, 6) is 0.553. The van der Waals surface area contributed by atoms with Crippen LogP contribution in [0, 0.1) is 0 Å². The summed E-state index contributed by atoms with van der Waals surface area (Å²) >= 11 is 0. The molecule has 0 aromatic carbocycles. The van der Waals surface area contributed by atoms with Crippen LogP contribution in [-0.4, -0.2) is 41.3 Å². The van der Waals surface area contributed by atoms with E-state index < -0.39 is 11.9 Å². The Morgan fingerprint density at radius 1 is 1.04 bits per heavy atom. The molecule has 134 valence electrons. The van der Waals surface area contributed by atoms with E-state index in [-0.39, 0.29) is 12.1 Å². The third kappa shape index (κ3) is 4.28. The van der Waals surface area contributed by atoms with Gasteiger partial charge in [-0.1, -0.05) is 0 Å². The molecule has 0 aliphatic carbocycles. The average molecular weight is 354 g/mol. The summed E-state index contributed by atoms with van der Waals surface area (Å²) in [6, 6.07) is 2.74. The smallest absolute Gasteiger partial charge is 0.433 e. The molecular formula is C16H17F3N4O2. The van der Waals surface area contributed by atoms with E-state index in [0.717, 1.165) is 18.9 Å². The Morgan fingerprint density at radius 2 is 1.72 bits per heavy atom. The number of hydrogen-bond acceptors (Lipinski definition) is 6. The summed E-state index contributed by atoms with van der Waals surface area (Å²) < 4.78 is 48.4. The van der Waals surface area contributed by atoms with Crippen molar-refractivity contribution >= 4 is 5.69 Å². The van der Waals surface area contributed by atoms with Gasteiger partial charge < -0.3 is 14.4 Å². The number of pyridine rings is 1. The van der Waals surface area contributed by atoms with E-state index in [1.807, 2.05) is 4.90 Å². The van der Waals surface area contributed by atoms with Gasteiger partial charge >= 0.3 is 12.2 Å². The van der Waals surface area contributed by atoms with E-state index in [4.69, 9.17) is 9.47 Å². The highest BCUT2D eigenvalue weighted by molar-refractivity contribution is 5.45. The fourth-order valence-corrected chi connectivity index (χ4v) is 2.59. The lowest BCUT2D eigenvalue weighted by Crippen LogP contribution is -2.38. The molecule has 0 N–H and O–H groups in total. The van der Waals surface area contributed by atoms with Gasteiger partial charge in [0.25, 0.3) is 0 Å². The molecule has 1 aliphatic heterocycles. The number of piperidine rings is 1. The molecular weight excluding hydrogens is 337 g/mol. The topological polar surface area (TPSA) is 60.4 Å². The van der Waals surface area contributed by atoms with Gasteiger partial charge in [-0.2, -0.15) is 23.1 Å². The van der Waals surface area contributed by atoms with Crippen LogP contribution in [0.25, 0.3) is 0 Å². The number of halogens is 3. The average Bonchev–Trinajstić information content (AvgIpc) is 2.62. The number of ether oxygens (including phenoxy) is 2. The van der Waals surface area contributed by atoms with E-state index in [9.17, 15) is 13.2 Å². The number of methoxy groups -OCH3 is 1. The molecule has 1 aliphatic rings. The van der Waals surface area contributed by atoms with Crippen LogP contribution in [0.15, 0.2) is 30.7 Å². The number of alkyl halides is 3. The summed E-state index contributed by atoms with van der Waals surface area (Å²) in [4.78, 5) is 13.6. The standard InChI is InChI=1S/C16H17F3N4O2/c1-24-13-9-21-15(22-10-13)25-12-4-6-23(7-5-12)11-2-3-14(20-8-11)16(17,18)19/h2-3,8-10,12H,4-7H2,1H3. The van der Waals surface area contributed by atoms with Crippen molar-refractivity contribution in [3.63, 3.8) is 0 Å². The van der Waals surface area contributed by atoms with Crippen LogP contribution in [0.4, 0.5) is 18.9 Å². The third-order valence-electron chi connectivity index (χ3n) is 3.96. The Kier molecular flexibility index (Phi) is 4.91. The van der Waals surface area contributed by atoms with Crippen LogP contribution in [0.1, 0.15) is 18.5 Å². The first-order valence-corrected chi connectivity index (χ1v) is 7.76. The maximum Gasteiger partial charge on any atom is 0.433 e. The largest absolute Gasteiger partial charge is 0.494 e. The van der Waals surface area contributed by atoms with Crippen LogP contribution >= 0.6 is 0 Å². The lowest BCUT2D eigenvalue weighted by Gasteiger charge is -2.33. The second kappa shape index (κ2) is 7.12. The molecule has 2 aromatic heterocycles. The first-order chi connectivity index (χ1) is 12.0. The van der Waals surface area contributed by atoms with Crippen molar-refractivity contribution in [3.8, 4) is 11.8 Å². The predicted molar refractivity (Wildman–Crippen MR) is 83.7 cm³/mol. The number of nitrogens with zero attached hydrogens (tertiary/aromatic N) is 4. The van der Waals surface area contributed by atoms with Gasteiger partial charge in [0.05, 0.1) is 31.4 Å². The molecule has 0 radical (unpaired) electrons. The van der Waals surface area contributed by atoms with E-state index in [1.54, 1.807) is 0 Å². The summed E-state index contributed by atoms with van der Waals surface area (Å²) in [6.07, 6.45) is 1.31. The minimum atomic E-state index is -4.42. The van der Waals surface area contributed by atoms with Gasteiger partial charge in [0.2, 0.25) is 0 Å². The molecule has 0 saturated carbocycles. The molecule has 2 aromatic rings. The molecule has 3 rings (SSSR count). The second-order valence-electron chi connectivity index (χ2n) is 5.61. The Hall–Kier alpha value is -2.58. The Morgan fingerprint density at radius 3 is 2.24 bits per heavy atom. The molecule has 0 unspecified atom stereocenters. The van der Waals surface area contributed by atoms with Gasteiger partial charge in [-0.3, -0.25) is 0 Å². The lowest BCUT2D eigenvalue weighted by molar-refractivity contribution is -0.141. The van der Waals surface area contributed by atoms with Crippen LogP contribution < -0.4 is 14.4 Å². The number of hydrogen-bond donors (Lipinski definition) is 0. The van der Waals surface area contributed by atoms with Gasteiger partial charge in [-0.15, -0.1) is 0 Å². The Balaban J connectivity index is 1.54. The van der Waals surface area contributed by atoms with E-state index in [0.29, 0.717) is 24.5 Å². The van der Waals surface area contributed by atoms with Crippen LogP contribution in [0.2, 0.25) is 0 Å². The zero-order valence-electron chi connectivity index (χ0n) is 13.5. The summed E-state index contributed by atoms with van der Waals surface area (Å²) in [7, 11) is 1.53. The van der Waals surface area contributed by atoms with Crippen LogP contribution in [0.3, 0.4) is 0 Å². The second-order valence-corrected chi connectivity index (χ2v) is 5.61. The fourth-order valence-electron chi connectivity index (χ4n) is 2.59. The number of rotatable bonds is 4. The predicted octanol–water partition coefficient (Wildman–Crippen LogP) is 2.95. The molecule has 9 heteroatoms. The molecule has 0 bridgehead atoms. The van der Waals surface area contributed by atoms with Crippen LogP contribution in [-0.2, 0) is 6.18 Å². The van der Waals surface area contributed by atoms with Crippen molar-refractivity contribution in [3.05, 3.63) is 36.4 Å². The summed E-state index contributed by atoms with van der Waals surface area (Å²) in [6.45, 7) is 1.32. The Bertz CT molecular complexity index is 684. The minimum Gasteiger partial charge on any atom is -0.494 e. The molecule has 25 heavy (non-hydrogen) atoms. The molecule has 0 amide bonds. The molecule has 1 saturated heterocycles. The normalized spacial score (nSPS) is 15.9. The minimum absolute atomic E-state index is 0.0351. The molecule has 0 atom stereocenters. The van der Waals surface area contributed by atoms with Gasteiger partial charge in [-0.25, -0.2) is 4.98 Å². The van der Waals surface area contributed by atoms with Crippen molar-refractivity contribution < 1.29 is 22.6 Å². The quantitative estimate of drug-likeness (QED) is 0.841. The zero-order valence-corrected chi connectivity index (χ0v) is 13.5. The number of anilines is 1. The maximum absolute atomic E-state index is 12.6. The van der Waals surface area contributed by atoms with Crippen LogP contribution in [0.5, 0.6) is 11.8 Å². The first-order valence-electron chi connectivity index (χ1n) is 7.76. The highest BCUT2D eigenvalue weighted by Gasteiger charge is 2.32. The van der Waals surface area contributed by atoms with Gasteiger partial charge in [0.1, 0.15) is 11.8 Å². The lowest BCUT2D eigenvalue weighted by atomic mass is 10.1.